The van der Waals surface area contributed by atoms with Gasteiger partial charge in [-0.25, -0.2) is 4.98 Å². The van der Waals surface area contributed by atoms with Gasteiger partial charge in [0.05, 0.1) is 0 Å². The van der Waals surface area contributed by atoms with Crippen LogP contribution in [0.3, 0.4) is 0 Å². The quantitative estimate of drug-likeness (QED) is 0.862. The summed E-state index contributed by atoms with van der Waals surface area (Å²) in [6, 6.07) is 2.48. The van der Waals surface area contributed by atoms with Crippen LogP contribution in [0.5, 0.6) is 0 Å². The fraction of sp³-hybridized carbons (Fsp3) is 0.429. The first-order chi connectivity index (χ1) is 9.90. The van der Waals surface area contributed by atoms with Crippen LogP contribution in [-0.2, 0) is 0 Å². The molecule has 7 heteroatoms. The van der Waals surface area contributed by atoms with Crippen molar-refractivity contribution in [1.82, 2.24) is 9.88 Å². The maximum absolute atomic E-state index is 12.5. The van der Waals surface area contributed by atoms with Gasteiger partial charge in [-0.15, -0.1) is 0 Å². The number of aliphatic hydroxyl groups excluding tert-OH is 1. The molecule has 21 heavy (non-hydrogen) atoms. The number of hydrogen-bond acceptors (Lipinski definition) is 3. The molecule has 0 bridgehead atoms. The van der Waals surface area contributed by atoms with Gasteiger partial charge in [0.2, 0.25) is 0 Å². The van der Waals surface area contributed by atoms with Gasteiger partial charge in [-0.05, 0) is 25.0 Å². The highest BCUT2D eigenvalue weighted by Gasteiger charge is 2.41. The van der Waals surface area contributed by atoms with Crippen molar-refractivity contribution in [3.05, 3.63) is 29.6 Å². The Balaban J connectivity index is 2.13. The molecule has 1 aromatic rings. The summed E-state index contributed by atoms with van der Waals surface area (Å²) in [6.45, 7) is -1.56. The van der Waals surface area contributed by atoms with Crippen molar-refractivity contribution in [1.29, 1.82) is 0 Å². The Morgan fingerprint density at radius 3 is 2.62 bits per heavy atom. The summed E-state index contributed by atoms with van der Waals surface area (Å²) >= 11 is 0. The van der Waals surface area contributed by atoms with E-state index in [9.17, 15) is 18.0 Å². The molecular weight excluding hydrogens is 285 g/mol. The lowest BCUT2D eigenvalue weighted by atomic mass is 10.2. The second-order valence-electron chi connectivity index (χ2n) is 4.67. The van der Waals surface area contributed by atoms with E-state index in [0.717, 1.165) is 4.90 Å². The SMILES string of the molecule is O=C(c1ccc(C#CCO)cn1)N(CC(F)(F)F)C1CC1. The fourth-order valence-corrected chi connectivity index (χ4v) is 1.83. The standard InChI is InChI=1S/C14H13F3N2O2/c15-14(16,17)9-19(11-4-5-11)13(21)12-6-3-10(8-18-12)2-1-7-20/h3,6,8,11,20H,4-5,7,9H2. The monoisotopic (exact) mass is 298 g/mol. The molecular formula is C14H13F3N2O2. The van der Waals surface area contributed by atoms with E-state index in [1.165, 1.54) is 18.3 Å². The summed E-state index contributed by atoms with van der Waals surface area (Å²) in [5, 5.41) is 8.56. The number of aliphatic hydroxyl groups is 1. The van der Waals surface area contributed by atoms with Gasteiger partial charge in [0.15, 0.2) is 0 Å². The zero-order valence-electron chi connectivity index (χ0n) is 11.0. The molecule has 0 aliphatic heterocycles. The number of aromatic nitrogens is 1. The molecule has 1 fully saturated rings. The molecule has 0 saturated heterocycles. The van der Waals surface area contributed by atoms with Crippen LogP contribution in [0, 0.1) is 11.8 Å². The molecule has 0 aromatic carbocycles. The molecule has 1 saturated carbocycles. The predicted octanol–water partition coefficient (Wildman–Crippen LogP) is 1.59. The summed E-state index contributed by atoms with van der Waals surface area (Å²) in [5.74, 6) is 4.29. The van der Waals surface area contributed by atoms with Crippen LogP contribution < -0.4 is 0 Å². The molecule has 0 atom stereocenters. The number of pyridine rings is 1. The minimum atomic E-state index is -4.43. The van der Waals surface area contributed by atoms with E-state index in [1.54, 1.807) is 0 Å². The minimum Gasteiger partial charge on any atom is -0.384 e. The number of rotatable bonds is 3. The highest BCUT2D eigenvalue weighted by molar-refractivity contribution is 5.92. The van der Waals surface area contributed by atoms with Gasteiger partial charge < -0.3 is 10.0 Å². The van der Waals surface area contributed by atoms with Crippen LogP contribution in [0.4, 0.5) is 13.2 Å². The highest BCUT2D eigenvalue weighted by atomic mass is 19.4. The third-order valence-electron chi connectivity index (χ3n) is 2.89. The summed E-state index contributed by atoms with van der Waals surface area (Å²) in [5.41, 5.74) is 0.440. The second kappa shape index (κ2) is 6.14. The summed E-state index contributed by atoms with van der Waals surface area (Å²) in [6.07, 6.45) is -1.96. The maximum atomic E-state index is 12.5. The van der Waals surface area contributed by atoms with E-state index in [4.69, 9.17) is 5.11 Å². The van der Waals surface area contributed by atoms with Crippen LogP contribution >= 0.6 is 0 Å². The molecule has 1 aliphatic rings. The van der Waals surface area contributed by atoms with E-state index in [2.05, 4.69) is 16.8 Å². The number of carbonyl (C=O) groups excluding carboxylic acids is 1. The molecule has 1 aromatic heterocycles. The Kier molecular flexibility index (Phi) is 4.48. The molecule has 1 amide bonds. The lowest BCUT2D eigenvalue weighted by Crippen LogP contribution is -2.40. The molecule has 0 radical (unpaired) electrons. The van der Waals surface area contributed by atoms with E-state index < -0.39 is 18.6 Å². The Labute approximate surface area is 119 Å². The predicted molar refractivity (Wildman–Crippen MR) is 68.3 cm³/mol. The number of carbonyl (C=O) groups is 1. The topological polar surface area (TPSA) is 53.4 Å². The van der Waals surface area contributed by atoms with Gasteiger partial charge in [0.1, 0.15) is 18.8 Å². The molecule has 1 aliphatic carbocycles. The molecule has 112 valence electrons. The zero-order valence-corrected chi connectivity index (χ0v) is 11.0. The summed E-state index contributed by atoms with van der Waals surface area (Å²) in [7, 11) is 0. The van der Waals surface area contributed by atoms with E-state index in [1.807, 2.05) is 0 Å². The summed E-state index contributed by atoms with van der Waals surface area (Å²) in [4.78, 5) is 16.8. The Hall–Kier alpha value is -2.07. The van der Waals surface area contributed by atoms with Crippen LogP contribution in [0.1, 0.15) is 28.9 Å². The Morgan fingerprint density at radius 1 is 1.43 bits per heavy atom. The largest absolute Gasteiger partial charge is 0.406 e. The first kappa shape index (κ1) is 15.3. The highest BCUT2D eigenvalue weighted by Crippen LogP contribution is 2.31. The first-order valence-corrected chi connectivity index (χ1v) is 6.34. The van der Waals surface area contributed by atoms with Crippen LogP contribution in [-0.4, -0.2) is 46.3 Å². The van der Waals surface area contributed by atoms with Crippen molar-refractivity contribution in [2.75, 3.05) is 13.2 Å². The smallest absolute Gasteiger partial charge is 0.384 e. The van der Waals surface area contributed by atoms with Crippen molar-refractivity contribution in [3.63, 3.8) is 0 Å². The van der Waals surface area contributed by atoms with Crippen LogP contribution in [0.25, 0.3) is 0 Å². The number of hydrogen-bond donors (Lipinski definition) is 1. The normalized spacial score (nSPS) is 14.3. The average molecular weight is 298 g/mol. The van der Waals surface area contributed by atoms with Crippen molar-refractivity contribution in [3.8, 4) is 11.8 Å². The summed E-state index contributed by atoms with van der Waals surface area (Å²) < 4.78 is 37.6. The van der Waals surface area contributed by atoms with E-state index in [0.29, 0.717) is 18.4 Å². The Morgan fingerprint density at radius 2 is 2.14 bits per heavy atom. The molecule has 0 spiro atoms. The molecule has 0 unspecified atom stereocenters. The van der Waals surface area contributed by atoms with Gasteiger partial charge in [0, 0.05) is 17.8 Å². The molecule has 4 nitrogen and oxygen atoms in total. The lowest BCUT2D eigenvalue weighted by Gasteiger charge is -2.23. The van der Waals surface area contributed by atoms with E-state index >= 15 is 0 Å². The lowest BCUT2D eigenvalue weighted by molar-refractivity contribution is -0.141. The van der Waals surface area contributed by atoms with Crippen molar-refractivity contribution in [2.45, 2.75) is 25.1 Å². The van der Waals surface area contributed by atoms with E-state index in [-0.39, 0.29) is 18.3 Å². The number of halogens is 3. The number of nitrogens with zero attached hydrogens (tertiary/aromatic N) is 2. The van der Waals surface area contributed by atoms with Crippen LogP contribution in [0.2, 0.25) is 0 Å². The van der Waals surface area contributed by atoms with Crippen molar-refractivity contribution >= 4 is 5.91 Å². The molecule has 2 rings (SSSR count). The maximum Gasteiger partial charge on any atom is 0.406 e. The van der Waals surface area contributed by atoms with Crippen LogP contribution in [0.15, 0.2) is 18.3 Å². The van der Waals surface area contributed by atoms with Gasteiger partial charge in [-0.2, -0.15) is 13.2 Å². The third-order valence-corrected chi connectivity index (χ3v) is 2.89. The molecule has 1 N–H and O–H groups in total. The van der Waals surface area contributed by atoms with Gasteiger partial charge in [0.25, 0.3) is 5.91 Å². The fourth-order valence-electron chi connectivity index (χ4n) is 1.83. The average Bonchev–Trinajstić information content (AvgIpc) is 3.26. The minimum absolute atomic E-state index is 0.0410. The zero-order chi connectivity index (χ0) is 15.5. The van der Waals surface area contributed by atoms with Gasteiger partial charge in [-0.3, -0.25) is 4.79 Å². The first-order valence-electron chi connectivity index (χ1n) is 6.34. The molecule has 1 heterocycles. The number of alkyl halides is 3. The Bertz CT molecular complexity index is 569. The van der Waals surface area contributed by atoms with Crippen molar-refractivity contribution in [2.24, 2.45) is 0 Å². The number of amides is 1. The van der Waals surface area contributed by atoms with Crippen molar-refractivity contribution < 1.29 is 23.1 Å². The van der Waals surface area contributed by atoms with Gasteiger partial charge in [-0.1, -0.05) is 11.8 Å². The second-order valence-corrected chi connectivity index (χ2v) is 4.67. The van der Waals surface area contributed by atoms with Gasteiger partial charge >= 0.3 is 6.18 Å². The third kappa shape index (κ3) is 4.46.